The van der Waals surface area contributed by atoms with Gasteiger partial charge in [0.25, 0.3) is 0 Å². The Morgan fingerprint density at radius 2 is 0.588 bits per heavy atom. The van der Waals surface area contributed by atoms with Crippen molar-refractivity contribution in [2.45, 2.75) is 58.2 Å². The largest absolute Gasteiger partial charge is 3.00 e. The maximum Gasteiger partial charge on any atom is 3.00 e. The summed E-state index contributed by atoms with van der Waals surface area (Å²) in [6.45, 7) is 13.6. The zero-order chi connectivity index (χ0) is 47.1. The second-order valence-electron chi connectivity index (χ2n) is 15.3. The van der Waals surface area contributed by atoms with Crippen LogP contribution in [0.4, 0.5) is 46.0 Å². The minimum absolute atomic E-state index is 0. The SMILES string of the molecule is [C-]#CC#C[Si](C(C)C)(C(C)C)C(C)C.[Ru+2].[Ru+3].c1ccc([N-]c2ccccn2)cc1.c1ccc([N-]c2ccccn2)cc1.c1ccc([N-]c2ccccn2)cc1.c1ccc([N-]c2ccccn2)cc1. The fourth-order valence-electron chi connectivity index (χ4n) is 6.79. The third-order valence-electron chi connectivity index (χ3n) is 9.80. The first-order valence-corrected chi connectivity index (χ1v) is 24.1. The van der Waals surface area contributed by atoms with Crippen molar-refractivity contribution in [1.82, 2.24) is 19.9 Å². The van der Waals surface area contributed by atoms with Gasteiger partial charge in [-0.3, -0.25) is 11.8 Å². The molecule has 345 valence electrons. The summed E-state index contributed by atoms with van der Waals surface area (Å²) in [5.41, 5.74) is 9.02. The Kier molecular flexibility index (Phi) is 28.4. The molecule has 0 aliphatic rings. The average molecular weight is 1080 g/mol. The van der Waals surface area contributed by atoms with Crippen molar-refractivity contribution in [3.63, 3.8) is 0 Å². The van der Waals surface area contributed by atoms with Crippen LogP contribution in [-0.2, 0) is 39.0 Å². The van der Waals surface area contributed by atoms with E-state index in [1.165, 1.54) is 0 Å². The number of hydrogen-bond donors (Lipinski definition) is 0. The maximum absolute atomic E-state index is 6.90. The molecule has 0 spiro atoms. The summed E-state index contributed by atoms with van der Waals surface area (Å²) < 4.78 is 0. The molecule has 8 aromatic rings. The van der Waals surface area contributed by atoms with Crippen molar-refractivity contribution in [1.29, 1.82) is 0 Å². The van der Waals surface area contributed by atoms with Crippen LogP contribution in [-0.4, -0.2) is 28.0 Å². The van der Waals surface area contributed by atoms with Crippen LogP contribution in [0.15, 0.2) is 219 Å². The molecule has 0 bridgehead atoms. The monoisotopic (exact) mass is 1090 g/mol. The van der Waals surface area contributed by atoms with E-state index in [0.717, 1.165) is 46.0 Å². The minimum atomic E-state index is -1.59. The van der Waals surface area contributed by atoms with Crippen LogP contribution in [0.5, 0.6) is 0 Å². The summed E-state index contributed by atoms with van der Waals surface area (Å²) in [5, 5.41) is 17.3. The van der Waals surface area contributed by atoms with Gasteiger partial charge >= 0.3 is 39.0 Å². The molecule has 0 fully saturated rings. The third kappa shape index (κ3) is 21.7. The molecule has 68 heavy (non-hydrogen) atoms. The normalized spacial score (nSPS) is 9.65. The van der Waals surface area contributed by atoms with Crippen LogP contribution < -0.4 is 0 Å². The molecule has 0 saturated heterocycles. The van der Waals surface area contributed by atoms with Gasteiger partial charge < -0.3 is 47.6 Å². The molecule has 11 heteroatoms. The van der Waals surface area contributed by atoms with E-state index in [9.17, 15) is 0 Å². The summed E-state index contributed by atoms with van der Waals surface area (Å²) in [6, 6.07) is 61.9. The molecule has 0 aliphatic heterocycles. The van der Waals surface area contributed by atoms with E-state index < -0.39 is 8.07 Å². The molecule has 8 nitrogen and oxygen atoms in total. The van der Waals surface area contributed by atoms with E-state index in [2.05, 4.69) is 100 Å². The Morgan fingerprint density at radius 1 is 0.368 bits per heavy atom. The predicted molar refractivity (Wildman–Crippen MR) is 279 cm³/mol. The Labute approximate surface area is 432 Å². The van der Waals surface area contributed by atoms with Gasteiger partial charge in [-0.05, 0) is 39.4 Å². The molecule has 0 N–H and O–H groups in total. The quantitative estimate of drug-likeness (QED) is 0.0730. The fraction of sp³-hybridized carbons (Fsp3) is 0.158. The zero-order valence-corrected chi connectivity index (χ0v) is 43.8. The number of aromatic nitrogens is 4. The van der Waals surface area contributed by atoms with Gasteiger partial charge in [0.05, 0.1) is 0 Å². The summed E-state index contributed by atoms with van der Waals surface area (Å²) in [5.74, 6) is 7.95. The van der Waals surface area contributed by atoms with Crippen LogP contribution in [0.1, 0.15) is 41.5 Å². The van der Waals surface area contributed by atoms with Crippen LogP contribution >= 0.6 is 0 Å². The fourth-order valence-corrected chi connectivity index (χ4v) is 11.9. The van der Waals surface area contributed by atoms with E-state index in [4.69, 9.17) is 6.42 Å². The molecule has 0 saturated carbocycles. The molecule has 0 amide bonds. The minimum Gasteiger partial charge on any atom is -0.443 e. The van der Waals surface area contributed by atoms with E-state index in [0.29, 0.717) is 16.6 Å². The van der Waals surface area contributed by atoms with Gasteiger partial charge in [-0.25, -0.2) is 5.54 Å². The number of rotatable bonds is 11. The first-order chi connectivity index (χ1) is 32.2. The molecule has 0 unspecified atom stereocenters. The molecular weight excluding hydrogens is 1030 g/mol. The summed E-state index contributed by atoms with van der Waals surface area (Å²) >= 11 is 0. The molecule has 4 aromatic carbocycles. The van der Waals surface area contributed by atoms with Crippen molar-refractivity contribution >= 4 is 54.1 Å². The summed E-state index contributed by atoms with van der Waals surface area (Å²) in [6.07, 6.45) is 13.9. The molecular formula is C57H57N8Ru2Si. The van der Waals surface area contributed by atoms with E-state index in [1.54, 1.807) is 24.8 Å². The van der Waals surface area contributed by atoms with Gasteiger partial charge in [0.15, 0.2) is 0 Å². The van der Waals surface area contributed by atoms with Gasteiger partial charge in [0.2, 0.25) is 0 Å². The van der Waals surface area contributed by atoms with Crippen LogP contribution in [0.2, 0.25) is 16.6 Å². The average Bonchev–Trinajstić information content (AvgIpc) is 3.35. The smallest absolute Gasteiger partial charge is 0.443 e. The van der Waals surface area contributed by atoms with Crippen LogP contribution in [0.3, 0.4) is 0 Å². The number of nitrogens with zero attached hydrogens (tertiary/aromatic N) is 8. The molecule has 8 rings (SSSR count). The van der Waals surface area contributed by atoms with Crippen molar-refractivity contribution < 1.29 is 39.0 Å². The van der Waals surface area contributed by atoms with Crippen molar-refractivity contribution in [2.24, 2.45) is 0 Å². The van der Waals surface area contributed by atoms with Gasteiger partial charge in [0.1, 0.15) is 8.07 Å². The summed E-state index contributed by atoms with van der Waals surface area (Å²) in [7, 11) is -1.59. The first kappa shape index (κ1) is 57.4. The van der Waals surface area contributed by atoms with Crippen molar-refractivity contribution in [3.8, 4) is 17.4 Å². The number of hydrogen-bond acceptors (Lipinski definition) is 4. The summed E-state index contributed by atoms with van der Waals surface area (Å²) in [4.78, 5) is 16.4. The Balaban J connectivity index is 0.000000290. The van der Waals surface area contributed by atoms with Crippen LogP contribution in [0.25, 0.3) is 21.3 Å². The van der Waals surface area contributed by atoms with E-state index >= 15 is 0 Å². The standard InChI is InChI=1S/C13H21Si.4C11H9N2.2Ru/c1-8-9-10-14(11(2)3,12(4)5)13(6)7;4*1-2-6-10(7-3-1)13-11-8-4-5-9-12-11;;/h11-13H,2-7H3;4*1-9H;;/q5*-1;+2;+3. The predicted octanol–water partition coefficient (Wildman–Crippen LogP) is 17.5. The van der Waals surface area contributed by atoms with E-state index in [-0.39, 0.29) is 39.0 Å². The van der Waals surface area contributed by atoms with Gasteiger partial charge in [-0.15, -0.1) is 0 Å². The Hall–Kier alpha value is -6.74. The Bertz CT molecular complexity index is 2080. The molecule has 0 atom stereocenters. The van der Waals surface area contributed by atoms with Crippen molar-refractivity contribution in [3.05, 3.63) is 247 Å². The molecule has 4 aromatic heterocycles. The molecule has 1 radical (unpaired) electrons. The van der Waals surface area contributed by atoms with E-state index in [1.807, 2.05) is 194 Å². The maximum atomic E-state index is 6.90. The third-order valence-corrected chi connectivity index (χ3v) is 16.1. The Morgan fingerprint density at radius 3 is 0.765 bits per heavy atom. The second kappa shape index (κ2) is 33.7. The second-order valence-corrected chi connectivity index (χ2v) is 20.9. The van der Waals surface area contributed by atoms with Crippen molar-refractivity contribution in [2.75, 3.05) is 0 Å². The first-order valence-electron chi connectivity index (χ1n) is 21.8. The van der Waals surface area contributed by atoms with Crippen LogP contribution in [0, 0.1) is 23.8 Å². The van der Waals surface area contributed by atoms with Gasteiger partial charge in [-0.1, -0.05) is 284 Å². The topological polar surface area (TPSA) is 108 Å². The number of benzene rings is 4. The van der Waals surface area contributed by atoms with Gasteiger partial charge in [-0.2, -0.15) is 0 Å². The number of para-hydroxylation sites is 4. The number of pyridine rings is 4. The zero-order valence-electron chi connectivity index (χ0n) is 39.3. The van der Waals surface area contributed by atoms with Gasteiger partial charge in [0, 0.05) is 0 Å². The molecule has 0 aliphatic carbocycles. The molecule has 4 heterocycles.